The molecule has 72 valence electrons. The molecule has 2 aromatic rings. The lowest BCUT2D eigenvalue weighted by molar-refractivity contribution is 0.462. The molecule has 0 bridgehead atoms. The van der Waals surface area contributed by atoms with Crippen LogP contribution in [0.2, 0.25) is 0 Å². The van der Waals surface area contributed by atoms with E-state index in [1.165, 1.54) is 12.1 Å². The Morgan fingerprint density at radius 2 is 1.93 bits per heavy atom. The highest BCUT2D eigenvalue weighted by Gasteiger charge is 2.08. The van der Waals surface area contributed by atoms with Crippen LogP contribution in [-0.4, -0.2) is 10.2 Å². The van der Waals surface area contributed by atoms with Crippen LogP contribution in [0.15, 0.2) is 27.4 Å². The summed E-state index contributed by atoms with van der Waals surface area (Å²) in [7, 11) is 0. The molecule has 1 heterocycles. The van der Waals surface area contributed by atoms with Gasteiger partial charge in [0.25, 0.3) is 0 Å². The van der Waals surface area contributed by atoms with E-state index in [0.717, 1.165) is 6.07 Å². The van der Waals surface area contributed by atoms with Gasteiger partial charge in [-0.3, -0.25) is 0 Å². The number of fused-ring (bicyclic) bond motifs is 1. The monoisotopic (exact) mass is 192 g/mol. The van der Waals surface area contributed by atoms with Crippen molar-refractivity contribution in [1.82, 2.24) is 0 Å². The SMILES string of the molecule is Cc1cc(O)cc2oc(=O)cc(O)c12. The topological polar surface area (TPSA) is 70.7 Å². The summed E-state index contributed by atoms with van der Waals surface area (Å²) in [6.45, 7) is 1.71. The average Bonchev–Trinajstić information content (AvgIpc) is 1.99. The van der Waals surface area contributed by atoms with Gasteiger partial charge in [0.15, 0.2) is 0 Å². The molecule has 0 aliphatic heterocycles. The Morgan fingerprint density at radius 3 is 2.64 bits per heavy atom. The normalized spacial score (nSPS) is 10.6. The molecule has 1 aromatic carbocycles. The summed E-state index contributed by atoms with van der Waals surface area (Å²) in [6, 6.07) is 3.79. The predicted octanol–water partition coefficient (Wildman–Crippen LogP) is 1.51. The van der Waals surface area contributed by atoms with Gasteiger partial charge < -0.3 is 14.6 Å². The number of hydrogen-bond acceptors (Lipinski definition) is 4. The van der Waals surface area contributed by atoms with Gasteiger partial charge in [-0.1, -0.05) is 0 Å². The Bertz CT molecular complexity index is 554. The van der Waals surface area contributed by atoms with Crippen LogP contribution in [0.5, 0.6) is 11.5 Å². The fraction of sp³-hybridized carbons (Fsp3) is 0.100. The summed E-state index contributed by atoms with van der Waals surface area (Å²) in [4.78, 5) is 10.9. The molecule has 2 rings (SSSR count). The minimum absolute atomic E-state index is 0.00347. The quantitative estimate of drug-likeness (QED) is 0.620. The third-order valence-corrected chi connectivity index (χ3v) is 2.01. The van der Waals surface area contributed by atoms with Crippen molar-refractivity contribution in [2.45, 2.75) is 6.92 Å². The van der Waals surface area contributed by atoms with Crippen molar-refractivity contribution in [3.8, 4) is 11.5 Å². The Labute approximate surface area is 79.0 Å². The second kappa shape index (κ2) is 2.77. The van der Waals surface area contributed by atoms with Gasteiger partial charge in [-0.15, -0.1) is 0 Å². The number of phenols is 1. The van der Waals surface area contributed by atoms with Gasteiger partial charge in [0.05, 0.1) is 11.5 Å². The molecule has 4 heteroatoms. The molecule has 0 unspecified atom stereocenters. The number of phenolic OH excluding ortho intramolecular Hbond substituents is 1. The third kappa shape index (κ3) is 1.21. The largest absolute Gasteiger partial charge is 0.508 e. The first-order valence-corrected chi connectivity index (χ1v) is 4.04. The van der Waals surface area contributed by atoms with Crippen LogP contribution in [0.3, 0.4) is 0 Å². The maximum absolute atomic E-state index is 10.9. The summed E-state index contributed by atoms with van der Waals surface area (Å²) in [6.07, 6.45) is 0. The first-order chi connectivity index (χ1) is 6.58. The van der Waals surface area contributed by atoms with E-state index in [4.69, 9.17) is 4.42 Å². The zero-order chi connectivity index (χ0) is 10.3. The molecular formula is C10H8O4. The summed E-state index contributed by atoms with van der Waals surface area (Å²) in [5.41, 5.74) is 0.203. The number of aryl methyl sites for hydroxylation is 1. The molecule has 0 aliphatic rings. The van der Waals surface area contributed by atoms with E-state index >= 15 is 0 Å². The van der Waals surface area contributed by atoms with Gasteiger partial charge in [0, 0.05) is 6.07 Å². The summed E-state index contributed by atoms with van der Waals surface area (Å²) in [5.74, 6) is -0.127. The maximum atomic E-state index is 10.9. The summed E-state index contributed by atoms with van der Waals surface area (Å²) >= 11 is 0. The molecule has 0 radical (unpaired) electrons. The van der Waals surface area contributed by atoms with Crippen molar-refractivity contribution >= 4 is 11.0 Å². The highest BCUT2D eigenvalue weighted by atomic mass is 16.4. The summed E-state index contributed by atoms with van der Waals surface area (Å²) in [5, 5.41) is 19.2. The van der Waals surface area contributed by atoms with E-state index in [2.05, 4.69) is 0 Å². The second-order valence-corrected chi connectivity index (χ2v) is 3.09. The lowest BCUT2D eigenvalue weighted by atomic mass is 10.1. The molecule has 2 N–H and O–H groups in total. The molecule has 0 saturated heterocycles. The van der Waals surface area contributed by atoms with E-state index in [0.29, 0.717) is 10.9 Å². The lowest BCUT2D eigenvalue weighted by Crippen LogP contribution is -1.96. The second-order valence-electron chi connectivity index (χ2n) is 3.09. The van der Waals surface area contributed by atoms with E-state index in [1.54, 1.807) is 6.92 Å². The van der Waals surface area contributed by atoms with E-state index in [9.17, 15) is 15.0 Å². The summed E-state index contributed by atoms with van der Waals surface area (Å²) < 4.78 is 4.83. The van der Waals surface area contributed by atoms with Crippen LogP contribution >= 0.6 is 0 Å². The highest BCUT2D eigenvalue weighted by molar-refractivity contribution is 5.87. The van der Waals surface area contributed by atoms with E-state index < -0.39 is 5.63 Å². The molecule has 4 nitrogen and oxygen atoms in total. The van der Waals surface area contributed by atoms with Gasteiger partial charge in [-0.25, -0.2) is 4.79 Å². The smallest absolute Gasteiger partial charge is 0.339 e. The molecule has 0 fully saturated rings. The van der Waals surface area contributed by atoms with Crippen LogP contribution < -0.4 is 5.63 Å². The van der Waals surface area contributed by atoms with Crippen LogP contribution in [0.1, 0.15) is 5.56 Å². The Hall–Kier alpha value is -1.97. The highest BCUT2D eigenvalue weighted by Crippen LogP contribution is 2.29. The van der Waals surface area contributed by atoms with Crippen molar-refractivity contribution in [2.24, 2.45) is 0 Å². The average molecular weight is 192 g/mol. The van der Waals surface area contributed by atoms with Crippen LogP contribution in [-0.2, 0) is 0 Å². The third-order valence-electron chi connectivity index (χ3n) is 2.01. The molecule has 0 atom stereocenters. The molecule has 0 spiro atoms. The van der Waals surface area contributed by atoms with Crippen LogP contribution in [0.4, 0.5) is 0 Å². The Balaban J connectivity index is 3.01. The van der Waals surface area contributed by atoms with Gasteiger partial charge in [0.2, 0.25) is 0 Å². The standard InChI is InChI=1S/C10H8O4/c1-5-2-6(11)3-8-10(5)7(12)4-9(13)14-8/h2-4,11-12H,1H3. The fourth-order valence-corrected chi connectivity index (χ4v) is 1.47. The molecular weight excluding hydrogens is 184 g/mol. The predicted molar refractivity (Wildman–Crippen MR) is 50.6 cm³/mol. The zero-order valence-corrected chi connectivity index (χ0v) is 7.44. The zero-order valence-electron chi connectivity index (χ0n) is 7.44. The number of rotatable bonds is 0. The van der Waals surface area contributed by atoms with Crippen molar-refractivity contribution in [3.63, 3.8) is 0 Å². The number of hydrogen-bond donors (Lipinski definition) is 2. The minimum atomic E-state index is -0.639. The molecule has 14 heavy (non-hydrogen) atoms. The van der Waals surface area contributed by atoms with Gasteiger partial charge in [-0.05, 0) is 18.6 Å². The van der Waals surface area contributed by atoms with Crippen LogP contribution in [0.25, 0.3) is 11.0 Å². The first kappa shape index (κ1) is 8.62. The number of benzene rings is 1. The van der Waals surface area contributed by atoms with E-state index in [1.807, 2.05) is 0 Å². The minimum Gasteiger partial charge on any atom is -0.508 e. The Kier molecular flexibility index (Phi) is 1.70. The van der Waals surface area contributed by atoms with Gasteiger partial charge in [-0.2, -0.15) is 0 Å². The van der Waals surface area contributed by atoms with Crippen molar-refractivity contribution < 1.29 is 14.6 Å². The van der Waals surface area contributed by atoms with E-state index in [-0.39, 0.29) is 17.1 Å². The fourth-order valence-electron chi connectivity index (χ4n) is 1.47. The Morgan fingerprint density at radius 1 is 1.21 bits per heavy atom. The molecule has 0 amide bonds. The molecule has 0 aliphatic carbocycles. The van der Waals surface area contributed by atoms with Gasteiger partial charge in [0.1, 0.15) is 17.1 Å². The van der Waals surface area contributed by atoms with Crippen molar-refractivity contribution in [1.29, 1.82) is 0 Å². The maximum Gasteiger partial charge on any atom is 0.339 e. The van der Waals surface area contributed by atoms with Crippen molar-refractivity contribution in [3.05, 3.63) is 34.2 Å². The molecule has 0 saturated carbocycles. The van der Waals surface area contributed by atoms with Gasteiger partial charge >= 0.3 is 5.63 Å². The van der Waals surface area contributed by atoms with Crippen LogP contribution in [0, 0.1) is 6.92 Å². The molecule has 1 aromatic heterocycles. The van der Waals surface area contributed by atoms with Crippen molar-refractivity contribution in [2.75, 3.05) is 0 Å². The number of aromatic hydroxyl groups is 2. The lowest BCUT2D eigenvalue weighted by Gasteiger charge is -2.03. The first-order valence-electron chi connectivity index (χ1n) is 4.04.